The molecule has 6 nitrogen and oxygen atoms in total. The van der Waals surface area contributed by atoms with Crippen LogP contribution in [0.5, 0.6) is 0 Å². The van der Waals surface area contributed by atoms with Crippen molar-refractivity contribution in [1.29, 1.82) is 0 Å². The average Bonchev–Trinajstić information content (AvgIpc) is 3.49. The molecule has 0 aromatic heterocycles. The lowest BCUT2D eigenvalue weighted by molar-refractivity contribution is -0.191. The zero-order valence-corrected chi connectivity index (χ0v) is 37.4. The molecule has 57 heavy (non-hydrogen) atoms. The second-order valence-electron chi connectivity index (χ2n) is 17.4. The molecule has 2 saturated carbocycles. The summed E-state index contributed by atoms with van der Waals surface area (Å²) in [6.07, 6.45) is 13.7. The maximum atomic E-state index is 8.12. The molecule has 0 bridgehead atoms. The molecule has 0 N–H and O–H groups in total. The summed E-state index contributed by atoms with van der Waals surface area (Å²) in [6, 6.07) is 43.9. The van der Waals surface area contributed by atoms with E-state index in [1.165, 1.54) is 46.2 Å². The Kier molecular flexibility index (Phi) is 16.7. The van der Waals surface area contributed by atoms with E-state index in [4.69, 9.17) is 24.0 Å². The lowest BCUT2D eigenvalue weighted by Crippen LogP contribution is -2.67. The van der Waals surface area contributed by atoms with Gasteiger partial charge >= 0.3 is 6.15 Å². The second-order valence-corrected chi connectivity index (χ2v) is 25.9. The number of rotatable bonds is 10. The van der Waals surface area contributed by atoms with E-state index in [1.54, 1.807) is 0 Å². The topological polar surface area (TPSA) is 89.0 Å². The van der Waals surface area contributed by atoms with Gasteiger partial charge in [-0.05, 0) is 74.3 Å². The Morgan fingerprint density at radius 2 is 0.930 bits per heavy atom. The molecule has 2 unspecified atom stereocenters. The minimum Gasteiger partial charge on any atom is -0.404 e. The summed E-state index contributed by atoms with van der Waals surface area (Å²) >= 11 is 0. The lowest BCUT2D eigenvalue weighted by atomic mass is 10.1. The van der Waals surface area contributed by atoms with Crippen molar-refractivity contribution in [3.63, 3.8) is 0 Å². The van der Waals surface area contributed by atoms with Crippen LogP contribution in [0, 0.1) is 17.8 Å². The zero-order valence-electron chi connectivity index (χ0n) is 35.4. The summed E-state index contributed by atoms with van der Waals surface area (Å²) in [5.74, 6) is 2.85. The van der Waals surface area contributed by atoms with Crippen LogP contribution in [0.25, 0.3) is 5.53 Å². The average molecular weight is 801 g/mol. The summed E-state index contributed by atoms with van der Waals surface area (Å²) < 4.78 is 14.3. The molecule has 0 saturated heterocycles. The summed E-state index contributed by atoms with van der Waals surface area (Å²) in [5, 5.41) is 5.71. The molecule has 4 aromatic rings. The molecule has 0 spiro atoms. The maximum Gasteiger partial charge on any atom is 0.373 e. The van der Waals surface area contributed by atoms with E-state index in [2.05, 4.69) is 187 Å². The molecule has 0 amide bonds. The van der Waals surface area contributed by atoms with Gasteiger partial charge in [0.2, 0.25) is 0 Å². The van der Waals surface area contributed by atoms with Crippen molar-refractivity contribution in [1.82, 2.24) is 0 Å². The minimum absolute atomic E-state index is 0.0678. The van der Waals surface area contributed by atoms with Gasteiger partial charge in [0, 0.05) is 12.5 Å². The highest BCUT2D eigenvalue weighted by Crippen LogP contribution is 2.60. The van der Waals surface area contributed by atoms with Crippen molar-refractivity contribution in [3.8, 4) is 0 Å². The Bertz CT molecular complexity index is 1800. The molecule has 3 aliphatic rings. The van der Waals surface area contributed by atoms with Crippen molar-refractivity contribution in [2.45, 2.75) is 116 Å². The van der Waals surface area contributed by atoms with E-state index in [1.807, 2.05) is 6.92 Å². The third-order valence-corrected chi connectivity index (χ3v) is 22.0. The molecule has 4 atom stereocenters. The second kappa shape index (κ2) is 20.9. The molecule has 4 aromatic carbocycles. The Balaban J connectivity index is 0.000000214. The van der Waals surface area contributed by atoms with Crippen LogP contribution in [-0.2, 0) is 18.4 Å². The van der Waals surface area contributed by atoms with E-state index in [0.717, 1.165) is 37.0 Å². The first kappa shape index (κ1) is 45.4. The van der Waals surface area contributed by atoms with Gasteiger partial charge in [0.1, 0.15) is 0 Å². The van der Waals surface area contributed by atoms with Crippen LogP contribution in [0.1, 0.15) is 93.9 Å². The van der Waals surface area contributed by atoms with Crippen molar-refractivity contribution in [2.75, 3.05) is 0 Å². The molecular formula is C49H64N2O4Si2. The van der Waals surface area contributed by atoms with Crippen LogP contribution in [0.4, 0.5) is 0 Å². The first-order valence-corrected chi connectivity index (χ1v) is 24.5. The Morgan fingerprint density at radius 1 is 0.614 bits per heavy atom. The fourth-order valence-electron chi connectivity index (χ4n) is 9.28. The highest BCUT2D eigenvalue weighted by atomic mass is 28.4. The highest BCUT2D eigenvalue weighted by molar-refractivity contribution is 7.00. The van der Waals surface area contributed by atoms with Crippen LogP contribution in [0.3, 0.4) is 0 Å². The number of carbonyl (C=O) groups excluding carboxylic acids is 2. The highest BCUT2D eigenvalue weighted by Gasteiger charge is 2.58. The van der Waals surface area contributed by atoms with Crippen LogP contribution in [0.2, 0.25) is 10.1 Å². The maximum absolute atomic E-state index is 8.12. The van der Waals surface area contributed by atoms with E-state index in [-0.39, 0.29) is 16.2 Å². The first-order valence-electron chi connectivity index (χ1n) is 20.7. The number of hydrogen-bond donors (Lipinski definition) is 0. The van der Waals surface area contributed by atoms with Crippen molar-refractivity contribution >= 4 is 49.7 Å². The predicted octanol–water partition coefficient (Wildman–Crippen LogP) is 9.39. The number of nitrogens with zero attached hydrogens (tertiary/aromatic N) is 2. The van der Waals surface area contributed by atoms with Gasteiger partial charge in [-0.15, -0.1) is 0 Å². The lowest BCUT2D eigenvalue weighted by Gasteiger charge is -2.45. The molecule has 2 fully saturated rings. The van der Waals surface area contributed by atoms with Crippen molar-refractivity contribution < 1.29 is 23.2 Å². The third kappa shape index (κ3) is 10.8. The third-order valence-electron chi connectivity index (χ3n) is 11.8. The van der Waals surface area contributed by atoms with E-state index < -0.39 is 16.6 Å². The summed E-state index contributed by atoms with van der Waals surface area (Å²) in [4.78, 5) is 19.0. The fraction of sp³-hybridized carbons (Fsp3) is 0.429. The number of benzene rings is 4. The smallest absolute Gasteiger partial charge is 0.373 e. The Hall–Kier alpha value is -4.27. The van der Waals surface area contributed by atoms with Gasteiger partial charge < -0.3 is 14.4 Å². The summed E-state index contributed by atoms with van der Waals surface area (Å²) in [7, 11) is -4.71. The quantitative estimate of drug-likeness (QED) is 0.0526. The molecular weight excluding hydrogens is 737 g/mol. The van der Waals surface area contributed by atoms with Crippen LogP contribution in [-0.4, -0.2) is 46.0 Å². The van der Waals surface area contributed by atoms with Crippen LogP contribution < -0.4 is 20.7 Å². The van der Waals surface area contributed by atoms with Gasteiger partial charge in [-0.1, -0.05) is 195 Å². The normalized spacial score (nSPS) is 19.9. The Labute approximate surface area is 344 Å². The van der Waals surface area contributed by atoms with E-state index in [0.29, 0.717) is 12.2 Å². The largest absolute Gasteiger partial charge is 0.404 e. The molecule has 0 heterocycles. The monoisotopic (exact) mass is 800 g/mol. The number of hydrogen-bond acceptors (Lipinski definition) is 4. The van der Waals surface area contributed by atoms with E-state index >= 15 is 0 Å². The summed E-state index contributed by atoms with van der Waals surface area (Å²) in [5.41, 5.74) is 7.64. The Morgan fingerprint density at radius 3 is 1.18 bits per heavy atom. The SMILES string of the molecule is CC(C)(C)[Si](OC1CC=CC1)(c1ccccc1)c1ccccc1.CCC1[C@H]2CC(O[Si](c3ccccc3)(c3ccccc3)C(C)(C)C)C[C@@H]12.CCC=[N+]=[N-].O=C=O. The van der Waals surface area contributed by atoms with Gasteiger partial charge in [-0.3, -0.25) is 0 Å². The standard InChI is InChI=1S/C24H32OSi.C21H26OSi.C3H6N2.CO2/c1-5-21-22-16-18(17-23(21)22)25-26(24(2,3)4,19-12-8-6-9-13-19)20-14-10-7-11-15-20;1-21(2,3)23(19-14-6-4-7-15-19,20-16-8-5-9-17-20)22-18-12-10-11-13-18;1-2-3-5-4;2-1-3/h6-15,18,21-23H,5,16-17H2,1-4H3;4-11,14-18H,12-13H2,1-3H3;3H,2H2,1H3;/t18?,21?,22-,23+;;;. The van der Waals surface area contributed by atoms with Crippen LogP contribution >= 0.6 is 0 Å². The molecule has 8 heteroatoms. The number of fused-ring (bicyclic) bond motifs is 1. The molecule has 0 radical (unpaired) electrons. The molecule has 3 aliphatic carbocycles. The van der Waals surface area contributed by atoms with Gasteiger partial charge in [0.25, 0.3) is 22.8 Å². The molecule has 7 rings (SSSR count). The van der Waals surface area contributed by atoms with Gasteiger partial charge in [0.15, 0.2) is 0 Å². The summed E-state index contributed by atoms with van der Waals surface area (Å²) in [6.45, 7) is 18.4. The zero-order chi connectivity index (χ0) is 41.5. The van der Waals surface area contributed by atoms with Crippen LogP contribution in [0.15, 0.2) is 133 Å². The van der Waals surface area contributed by atoms with Gasteiger partial charge in [-0.2, -0.15) is 14.4 Å². The van der Waals surface area contributed by atoms with Crippen molar-refractivity contribution in [2.24, 2.45) is 17.8 Å². The van der Waals surface area contributed by atoms with Crippen molar-refractivity contribution in [3.05, 3.63) is 139 Å². The predicted molar refractivity (Wildman–Crippen MR) is 238 cm³/mol. The molecule has 0 aliphatic heterocycles. The van der Waals surface area contributed by atoms with E-state index in [9.17, 15) is 0 Å². The fourth-order valence-corrected chi connectivity index (χ4v) is 18.7. The van der Waals surface area contributed by atoms with Gasteiger partial charge in [0.05, 0.1) is 6.10 Å². The first-order chi connectivity index (χ1) is 27.3. The molecule has 302 valence electrons. The van der Waals surface area contributed by atoms with Gasteiger partial charge in [-0.25, -0.2) is 0 Å². The minimum atomic E-state index is -2.36.